The van der Waals surface area contributed by atoms with Crippen LogP contribution in [0.25, 0.3) is 6.08 Å². The van der Waals surface area contributed by atoms with Crippen LogP contribution in [-0.2, 0) is 10.1 Å². The summed E-state index contributed by atoms with van der Waals surface area (Å²) in [7, 11) is -4.25. The summed E-state index contributed by atoms with van der Waals surface area (Å²) >= 11 is 0. The molecule has 1 aromatic rings. The largest absolute Gasteiger partial charge is 1.00 e. The molecule has 1 aromatic carbocycles. The summed E-state index contributed by atoms with van der Waals surface area (Å²) in [4.78, 5) is 0. The van der Waals surface area contributed by atoms with Gasteiger partial charge in [0.05, 0.1) is 13.2 Å². The molecule has 0 saturated heterocycles. The minimum absolute atomic E-state index is 0. The van der Waals surface area contributed by atoms with Gasteiger partial charge in [0.15, 0.2) is 0 Å². The van der Waals surface area contributed by atoms with E-state index in [2.05, 4.69) is 0 Å². The molecular formula is C10H13NaO5S. The zero-order valence-electron chi connectivity index (χ0n) is 9.48. The third-order valence-corrected chi connectivity index (χ3v) is 1.80. The van der Waals surface area contributed by atoms with Crippen LogP contribution in [0.4, 0.5) is 0 Å². The van der Waals surface area contributed by atoms with Crippen LogP contribution in [0.3, 0.4) is 0 Å². The van der Waals surface area contributed by atoms with E-state index in [0.29, 0.717) is 11.0 Å². The molecule has 0 amide bonds. The Kier molecular flexibility index (Phi) is 12.3. The summed E-state index contributed by atoms with van der Waals surface area (Å²) < 4.78 is 30.5. The number of rotatable bonds is 3. The summed E-state index contributed by atoms with van der Waals surface area (Å²) in [5, 5.41) is 15.9. The van der Waals surface area contributed by atoms with E-state index in [0.717, 1.165) is 0 Å². The second-order valence-corrected chi connectivity index (χ2v) is 3.91. The Labute approximate surface area is 123 Å². The summed E-state index contributed by atoms with van der Waals surface area (Å²) in [6, 6.07) is 8.75. The Morgan fingerprint density at radius 2 is 1.59 bits per heavy atom. The van der Waals surface area contributed by atoms with Crippen LogP contribution >= 0.6 is 0 Å². The van der Waals surface area contributed by atoms with Gasteiger partial charge in [-0.1, -0.05) is 30.3 Å². The van der Waals surface area contributed by atoms with Crippen LogP contribution in [0.5, 0.6) is 0 Å². The molecule has 5 nitrogen and oxygen atoms in total. The molecule has 0 fully saturated rings. The summed E-state index contributed by atoms with van der Waals surface area (Å²) in [5.74, 6) is 0. The van der Waals surface area contributed by atoms with Gasteiger partial charge in [0, 0.05) is 5.41 Å². The molecule has 0 bridgehead atoms. The van der Waals surface area contributed by atoms with Gasteiger partial charge < -0.3 is 14.8 Å². The van der Waals surface area contributed by atoms with Crippen LogP contribution in [0, 0.1) is 0 Å². The molecule has 0 radical (unpaired) electrons. The molecular weight excluding hydrogens is 255 g/mol. The molecule has 7 heteroatoms. The fourth-order valence-corrected chi connectivity index (χ4v) is 1.05. The topological polar surface area (TPSA) is 97.7 Å². The van der Waals surface area contributed by atoms with E-state index in [1.54, 1.807) is 24.3 Å². The van der Waals surface area contributed by atoms with Crippen molar-refractivity contribution in [2.24, 2.45) is 0 Å². The van der Waals surface area contributed by atoms with E-state index >= 15 is 0 Å². The Morgan fingerprint density at radius 3 is 1.94 bits per heavy atom. The van der Waals surface area contributed by atoms with Gasteiger partial charge in [-0.15, -0.1) is 0 Å². The second-order valence-electron chi connectivity index (χ2n) is 2.65. The molecule has 90 valence electrons. The van der Waals surface area contributed by atoms with E-state index in [1.165, 1.54) is 6.08 Å². The third kappa shape index (κ3) is 13.7. The average molecular weight is 268 g/mol. The molecule has 0 aliphatic carbocycles. The van der Waals surface area contributed by atoms with Gasteiger partial charge in [0.25, 0.3) is 0 Å². The van der Waals surface area contributed by atoms with Gasteiger partial charge >= 0.3 is 29.6 Å². The molecule has 0 aliphatic rings. The zero-order valence-corrected chi connectivity index (χ0v) is 12.3. The van der Waals surface area contributed by atoms with Crippen LogP contribution in [0.1, 0.15) is 5.56 Å². The fraction of sp³-hybridized carbons (Fsp3) is 0.200. The molecule has 0 spiro atoms. The SMILES string of the molecule is O=S(=O)([O-])C=Cc1ccccc1.OCCO.[Na+]. The predicted molar refractivity (Wildman–Crippen MR) is 59.3 cm³/mol. The van der Waals surface area contributed by atoms with Crippen LogP contribution in [-0.4, -0.2) is 36.4 Å². The first-order valence-corrected chi connectivity index (χ1v) is 5.87. The Bertz CT molecular complexity index is 400. The van der Waals surface area contributed by atoms with E-state index in [-0.39, 0.29) is 42.8 Å². The van der Waals surface area contributed by atoms with Gasteiger partial charge in [-0.3, -0.25) is 0 Å². The molecule has 17 heavy (non-hydrogen) atoms. The molecule has 0 aliphatic heterocycles. The molecule has 0 atom stereocenters. The van der Waals surface area contributed by atoms with E-state index in [4.69, 9.17) is 10.2 Å². The first-order chi connectivity index (χ1) is 7.49. The molecule has 0 saturated carbocycles. The fourth-order valence-electron chi connectivity index (χ4n) is 0.726. The van der Waals surface area contributed by atoms with Crippen LogP contribution in [0.2, 0.25) is 0 Å². The number of hydrogen-bond acceptors (Lipinski definition) is 5. The molecule has 0 unspecified atom stereocenters. The van der Waals surface area contributed by atoms with Crippen molar-refractivity contribution in [2.75, 3.05) is 13.2 Å². The number of aliphatic hydroxyl groups is 2. The number of benzene rings is 1. The minimum Gasteiger partial charge on any atom is -0.744 e. The Hall–Kier alpha value is -0.210. The van der Waals surface area contributed by atoms with Crippen molar-refractivity contribution in [2.45, 2.75) is 0 Å². The van der Waals surface area contributed by atoms with Gasteiger partial charge in [-0.25, -0.2) is 8.42 Å². The van der Waals surface area contributed by atoms with E-state index < -0.39 is 10.1 Å². The van der Waals surface area contributed by atoms with Gasteiger partial charge in [-0.05, 0) is 11.6 Å². The summed E-state index contributed by atoms with van der Waals surface area (Å²) in [5.41, 5.74) is 0.692. The zero-order chi connectivity index (χ0) is 12.4. The second kappa shape index (κ2) is 10.9. The van der Waals surface area contributed by atoms with Crippen molar-refractivity contribution < 1.29 is 52.7 Å². The van der Waals surface area contributed by atoms with Crippen molar-refractivity contribution in [3.05, 3.63) is 41.3 Å². The number of aliphatic hydroxyl groups excluding tert-OH is 2. The minimum atomic E-state index is -4.25. The van der Waals surface area contributed by atoms with Crippen molar-refractivity contribution in [1.29, 1.82) is 0 Å². The van der Waals surface area contributed by atoms with Crippen molar-refractivity contribution >= 4 is 16.2 Å². The van der Waals surface area contributed by atoms with E-state index in [1.807, 2.05) is 6.07 Å². The van der Waals surface area contributed by atoms with Crippen molar-refractivity contribution in [3.63, 3.8) is 0 Å². The Balaban J connectivity index is 0. The quantitative estimate of drug-likeness (QED) is 0.455. The van der Waals surface area contributed by atoms with Crippen molar-refractivity contribution in [3.8, 4) is 0 Å². The smallest absolute Gasteiger partial charge is 0.744 e. The predicted octanol–water partition coefficient (Wildman–Crippen LogP) is -2.82. The summed E-state index contributed by atoms with van der Waals surface area (Å²) in [6.07, 6.45) is 1.27. The Morgan fingerprint density at radius 1 is 1.12 bits per heavy atom. The maximum absolute atomic E-state index is 10.2. The van der Waals surface area contributed by atoms with Gasteiger partial charge in [0.2, 0.25) is 0 Å². The third-order valence-electron chi connectivity index (χ3n) is 1.33. The molecule has 2 N–H and O–H groups in total. The monoisotopic (exact) mass is 268 g/mol. The average Bonchev–Trinajstić information content (AvgIpc) is 2.27. The normalized spacial score (nSPS) is 10.3. The maximum atomic E-state index is 10.2. The molecule has 1 rings (SSSR count). The van der Waals surface area contributed by atoms with E-state index in [9.17, 15) is 13.0 Å². The van der Waals surface area contributed by atoms with Crippen molar-refractivity contribution in [1.82, 2.24) is 0 Å². The summed E-state index contributed by atoms with van der Waals surface area (Å²) in [6.45, 7) is -0.250. The maximum Gasteiger partial charge on any atom is 1.00 e. The number of hydrogen-bond donors (Lipinski definition) is 2. The van der Waals surface area contributed by atoms with Crippen LogP contribution in [0.15, 0.2) is 35.7 Å². The standard InChI is InChI=1S/C8H8O3S.C2H6O2.Na/c9-12(10,11)7-6-8-4-2-1-3-5-8;3-1-2-4;/h1-7H,(H,9,10,11);3-4H,1-2H2;/q;;+1/p-1. The van der Waals surface area contributed by atoms with Crippen LogP contribution < -0.4 is 29.6 Å². The molecule has 0 heterocycles. The van der Waals surface area contributed by atoms with Gasteiger partial charge in [0.1, 0.15) is 10.1 Å². The first kappa shape index (κ1) is 19.1. The van der Waals surface area contributed by atoms with Gasteiger partial charge in [-0.2, -0.15) is 0 Å². The first-order valence-electron chi connectivity index (χ1n) is 4.40. The molecule has 0 aromatic heterocycles.